The summed E-state index contributed by atoms with van der Waals surface area (Å²) in [6.45, 7) is 7.68. The highest BCUT2D eigenvalue weighted by Crippen LogP contribution is 2.22. The van der Waals surface area contributed by atoms with Crippen LogP contribution in [0.15, 0.2) is 10.6 Å². The number of carboxylic acid groups (broad SMARTS) is 1. The van der Waals surface area contributed by atoms with Crippen molar-refractivity contribution in [2.24, 2.45) is 0 Å². The number of aromatic carboxylic acids is 1. The van der Waals surface area contributed by atoms with Gasteiger partial charge in [0.15, 0.2) is 0 Å². The third-order valence-electron chi connectivity index (χ3n) is 3.18. The molecule has 2 aromatic rings. The van der Waals surface area contributed by atoms with Gasteiger partial charge in [0.05, 0.1) is 17.1 Å². The van der Waals surface area contributed by atoms with Gasteiger partial charge >= 0.3 is 5.97 Å². The van der Waals surface area contributed by atoms with E-state index in [4.69, 9.17) is 4.52 Å². The Hall–Kier alpha value is -2.37. The molecule has 2 rings (SSSR count). The van der Waals surface area contributed by atoms with Gasteiger partial charge in [0.2, 0.25) is 0 Å². The van der Waals surface area contributed by atoms with E-state index >= 15 is 0 Å². The van der Waals surface area contributed by atoms with Crippen LogP contribution in [0.2, 0.25) is 0 Å². The number of aromatic nitrogens is 2. The monoisotopic (exact) mass is 275 g/mol. The maximum atomic E-state index is 11.3. The highest BCUT2D eigenvalue weighted by atomic mass is 16.5. The molecule has 106 valence electrons. The van der Waals surface area contributed by atoms with Crippen LogP contribution in [0.3, 0.4) is 0 Å². The van der Waals surface area contributed by atoms with Crippen LogP contribution in [0, 0.1) is 27.7 Å². The van der Waals surface area contributed by atoms with Gasteiger partial charge in [0.1, 0.15) is 11.3 Å². The van der Waals surface area contributed by atoms with E-state index in [9.17, 15) is 9.90 Å². The van der Waals surface area contributed by atoms with Gasteiger partial charge in [0, 0.05) is 17.8 Å². The number of aryl methyl sites for hydroxylation is 4. The first-order valence-electron chi connectivity index (χ1n) is 6.27. The summed E-state index contributed by atoms with van der Waals surface area (Å²) >= 11 is 0. The maximum Gasteiger partial charge on any atom is 0.339 e. The molecule has 0 aliphatic heterocycles. The Kier molecular flexibility index (Phi) is 3.74. The molecular formula is C14H17N3O3. The summed E-state index contributed by atoms with van der Waals surface area (Å²) in [6, 6.07) is 1.73. The molecule has 20 heavy (non-hydrogen) atoms. The fourth-order valence-corrected chi connectivity index (χ4v) is 2.18. The van der Waals surface area contributed by atoms with Crippen LogP contribution in [0.1, 0.15) is 38.8 Å². The second-order valence-electron chi connectivity index (χ2n) is 4.73. The lowest BCUT2D eigenvalue weighted by Gasteiger charge is -2.12. The van der Waals surface area contributed by atoms with Gasteiger partial charge in [0.25, 0.3) is 0 Å². The third-order valence-corrected chi connectivity index (χ3v) is 3.18. The van der Waals surface area contributed by atoms with Crippen molar-refractivity contribution in [3.63, 3.8) is 0 Å². The van der Waals surface area contributed by atoms with Crippen molar-refractivity contribution in [3.8, 4) is 0 Å². The average molecular weight is 275 g/mol. The molecule has 6 nitrogen and oxygen atoms in total. The van der Waals surface area contributed by atoms with Crippen molar-refractivity contribution < 1.29 is 14.4 Å². The summed E-state index contributed by atoms with van der Waals surface area (Å²) in [5.74, 6) is -0.259. The Labute approximate surface area is 116 Å². The van der Waals surface area contributed by atoms with E-state index in [2.05, 4.69) is 15.5 Å². The average Bonchev–Trinajstić information content (AvgIpc) is 2.65. The molecule has 0 unspecified atom stereocenters. The van der Waals surface area contributed by atoms with Gasteiger partial charge in [-0.25, -0.2) is 4.79 Å². The fraction of sp³-hybridized carbons (Fsp3) is 0.357. The summed E-state index contributed by atoms with van der Waals surface area (Å²) in [6.07, 6.45) is 0. The maximum absolute atomic E-state index is 11.3. The lowest BCUT2D eigenvalue weighted by molar-refractivity contribution is 0.0696. The van der Waals surface area contributed by atoms with E-state index in [1.807, 2.05) is 20.8 Å². The van der Waals surface area contributed by atoms with Crippen LogP contribution in [-0.4, -0.2) is 21.2 Å². The molecule has 0 radical (unpaired) electrons. The molecule has 0 saturated carbocycles. The SMILES string of the molecule is Cc1cc(NCc2c(C)noc2C)c(C(=O)O)c(C)n1. The van der Waals surface area contributed by atoms with E-state index in [0.717, 1.165) is 22.7 Å². The van der Waals surface area contributed by atoms with Crippen LogP contribution in [-0.2, 0) is 6.54 Å². The van der Waals surface area contributed by atoms with Crippen molar-refractivity contribution in [1.82, 2.24) is 10.1 Å². The zero-order valence-corrected chi connectivity index (χ0v) is 11.9. The van der Waals surface area contributed by atoms with Crippen molar-refractivity contribution in [2.45, 2.75) is 34.2 Å². The molecule has 0 saturated heterocycles. The van der Waals surface area contributed by atoms with Gasteiger partial charge < -0.3 is 14.9 Å². The normalized spacial score (nSPS) is 10.6. The van der Waals surface area contributed by atoms with Crippen LogP contribution in [0.25, 0.3) is 0 Å². The Morgan fingerprint density at radius 1 is 1.30 bits per heavy atom. The second kappa shape index (κ2) is 5.32. The smallest absolute Gasteiger partial charge is 0.339 e. The highest BCUT2D eigenvalue weighted by molar-refractivity contribution is 5.95. The van der Waals surface area contributed by atoms with E-state index < -0.39 is 5.97 Å². The molecule has 2 N–H and O–H groups in total. The van der Waals surface area contributed by atoms with Gasteiger partial charge in [-0.2, -0.15) is 0 Å². The summed E-state index contributed by atoms with van der Waals surface area (Å²) < 4.78 is 5.09. The first-order chi connectivity index (χ1) is 9.40. The van der Waals surface area contributed by atoms with Gasteiger partial charge in [-0.05, 0) is 33.8 Å². The lowest BCUT2D eigenvalue weighted by atomic mass is 10.1. The molecule has 2 heterocycles. The standard InChI is InChI=1S/C14H17N3O3/c1-7-5-12(13(14(18)19)9(3)16-7)15-6-11-8(2)17-20-10(11)4/h5H,6H2,1-4H3,(H,15,16)(H,18,19). The van der Waals surface area contributed by atoms with Crippen molar-refractivity contribution in [3.05, 3.63) is 40.0 Å². The molecule has 0 fully saturated rings. The molecule has 0 bridgehead atoms. The van der Waals surface area contributed by atoms with Crippen LogP contribution < -0.4 is 5.32 Å². The molecule has 0 amide bonds. The summed E-state index contributed by atoms with van der Waals surface area (Å²) in [5.41, 5.74) is 3.76. The number of nitrogens with one attached hydrogen (secondary N) is 1. The van der Waals surface area contributed by atoms with Crippen molar-refractivity contribution >= 4 is 11.7 Å². The first kappa shape index (κ1) is 14.0. The van der Waals surface area contributed by atoms with Crippen LogP contribution >= 0.6 is 0 Å². The predicted octanol–water partition coefficient (Wildman–Crippen LogP) is 2.61. The van der Waals surface area contributed by atoms with Gasteiger partial charge in [-0.15, -0.1) is 0 Å². The fourth-order valence-electron chi connectivity index (χ4n) is 2.18. The van der Waals surface area contributed by atoms with Gasteiger partial charge in [-0.1, -0.05) is 5.16 Å². The molecule has 0 aliphatic rings. The minimum absolute atomic E-state index is 0.197. The number of nitrogens with zero attached hydrogens (tertiary/aromatic N) is 2. The third kappa shape index (κ3) is 2.64. The first-order valence-corrected chi connectivity index (χ1v) is 6.27. The second-order valence-corrected chi connectivity index (χ2v) is 4.73. The summed E-state index contributed by atoms with van der Waals surface area (Å²) in [4.78, 5) is 15.5. The zero-order valence-electron chi connectivity index (χ0n) is 11.9. The number of hydrogen-bond donors (Lipinski definition) is 2. The topological polar surface area (TPSA) is 88.2 Å². The van der Waals surface area contributed by atoms with Crippen molar-refractivity contribution in [1.29, 1.82) is 0 Å². The molecule has 0 atom stereocenters. The number of hydrogen-bond acceptors (Lipinski definition) is 5. The van der Waals surface area contributed by atoms with Gasteiger partial charge in [-0.3, -0.25) is 4.98 Å². The minimum atomic E-state index is -0.990. The number of rotatable bonds is 4. The van der Waals surface area contributed by atoms with Crippen LogP contribution in [0.5, 0.6) is 0 Å². The molecule has 0 spiro atoms. The molecule has 0 aliphatic carbocycles. The number of carboxylic acids is 1. The summed E-state index contributed by atoms with van der Waals surface area (Å²) in [5, 5.41) is 16.3. The Morgan fingerprint density at radius 3 is 2.55 bits per heavy atom. The lowest BCUT2D eigenvalue weighted by Crippen LogP contribution is -2.11. The highest BCUT2D eigenvalue weighted by Gasteiger charge is 2.16. The number of pyridine rings is 1. The predicted molar refractivity (Wildman–Crippen MR) is 74.0 cm³/mol. The van der Waals surface area contributed by atoms with E-state index in [1.165, 1.54) is 0 Å². The summed E-state index contributed by atoms with van der Waals surface area (Å²) in [7, 11) is 0. The Bertz CT molecular complexity index is 642. The van der Waals surface area contributed by atoms with Crippen molar-refractivity contribution in [2.75, 3.05) is 5.32 Å². The number of carbonyl (C=O) groups is 1. The quantitative estimate of drug-likeness (QED) is 0.891. The van der Waals surface area contributed by atoms with E-state index in [-0.39, 0.29) is 5.56 Å². The number of anilines is 1. The zero-order chi connectivity index (χ0) is 14.9. The molecular weight excluding hydrogens is 258 g/mol. The molecule has 2 aromatic heterocycles. The molecule has 0 aromatic carbocycles. The van der Waals surface area contributed by atoms with E-state index in [0.29, 0.717) is 17.9 Å². The van der Waals surface area contributed by atoms with Crippen LogP contribution in [0.4, 0.5) is 5.69 Å². The Balaban J connectivity index is 2.32. The van der Waals surface area contributed by atoms with E-state index in [1.54, 1.807) is 13.0 Å². The Morgan fingerprint density at radius 2 is 2.00 bits per heavy atom. The minimum Gasteiger partial charge on any atom is -0.478 e. The largest absolute Gasteiger partial charge is 0.478 e. The molecule has 6 heteroatoms.